The third-order valence-corrected chi connectivity index (χ3v) is 3.74. The molecule has 25 heavy (non-hydrogen) atoms. The molecule has 2 amide bonds. The van der Waals surface area contributed by atoms with Crippen LogP contribution in [0.4, 0.5) is 10.5 Å². The number of para-hydroxylation sites is 1. The standard InChI is InChI=1S/C19H24N4O2/c1-14-7-6-8-15(2)17(14)23(18(20)21)19(24)22-11-12-25-13-16-9-4-3-5-10-16/h3-10H,11-13H2,1-2H3,(H3,20,21)(H,22,24). The molecule has 0 aliphatic rings. The van der Waals surface area contributed by atoms with Gasteiger partial charge in [-0.05, 0) is 30.5 Å². The zero-order valence-corrected chi connectivity index (χ0v) is 14.6. The zero-order chi connectivity index (χ0) is 18.2. The molecule has 0 heterocycles. The number of carbonyl (C=O) groups excluding carboxylic acids is 1. The smallest absolute Gasteiger partial charge is 0.328 e. The number of urea groups is 1. The molecule has 0 aliphatic heterocycles. The Balaban J connectivity index is 1.90. The van der Waals surface area contributed by atoms with Crippen molar-refractivity contribution in [2.75, 3.05) is 18.1 Å². The second-order valence-electron chi connectivity index (χ2n) is 5.73. The fourth-order valence-corrected chi connectivity index (χ4v) is 2.56. The van der Waals surface area contributed by atoms with Crippen molar-refractivity contribution < 1.29 is 9.53 Å². The Morgan fingerprint density at radius 3 is 2.36 bits per heavy atom. The minimum atomic E-state index is -0.437. The van der Waals surface area contributed by atoms with E-state index in [0.717, 1.165) is 16.7 Å². The maximum atomic E-state index is 12.5. The summed E-state index contributed by atoms with van der Waals surface area (Å²) in [6.45, 7) is 4.96. The molecule has 2 aromatic carbocycles. The molecule has 0 aromatic heterocycles. The van der Waals surface area contributed by atoms with Crippen LogP contribution in [-0.4, -0.2) is 25.1 Å². The van der Waals surface area contributed by atoms with E-state index in [4.69, 9.17) is 15.9 Å². The summed E-state index contributed by atoms with van der Waals surface area (Å²) in [7, 11) is 0. The lowest BCUT2D eigenvalue weighted by atomic mass is 10.1. The van der Waals surface area contributed by atoms with Gasteiger partial charge in [-0.25, -0.2) is 9.69 Å². The summed E-state index contributed by atoms with van der Waals surface area (Å²) >= 11 is 0. The quantitative estimate of drug-likeness (QED) is 0.429. The number of anilines is 1. The van der Waals surface area contributed by atoms with Crippen LogP contribution in [0.25, 0.3) is 0 Å². The molecule has 4 N–H and O–H groups in total. The Labute approximate surface area is 148 Å². The van der Waals surface area contributed by atoms with Gasteiger partial charge in [-0.3, -0.25) is 5.41 Å². The van der Waals surface area contributed by atoms with Gasteiger partial charge in [0.25, 0.3) is 0 Å². The number of amides is 2. The van der Waals surface area contributed by atoms with E-state index >= 15 is 0 Å². The van der Waals surface area contributed by atoms with E-state index < -0.39 is 6.03 Å². The van der Waals surface area contributed by atoms with Crippen LogP contribution < -0.4 is 16.0 Å². The van der Waals surface area contributed by atoms with E-state index in [1.165, 1.54) is 4.90 Å². The second kappa shape index (κ2) is 8.84. The lowest BCUT2D eigenvalue weighted by Crippen LogP contribution is -2.48. The largest absolute Gasteiger partial charge is 0.375 e. The van der Waals surface area contributed by atoms with Gasteiger partial charge in [0.1, 0.15) is 0 Å². The number of nitrogens with zero attached hydrogens (tertiary/aromatic N) is 1. The number of rotatable bonds is 6. The van der Waals surface area contributed by atoms with Crippen molar-refractivity contribution in [2.45, 2.75) is 20.5 Å². The highest BCUT2D eigenvalue weighted by atomic mass is 16.5. The molecular weight excluding hydrogens is 316 g/mol. The maximum Gasteiger partial charge on any atom is 0.328 e. The van der Waals surface area contributed by atoms with E-state index in [-0.39, 0.29) is 5.96 Å². The van der Waals surface area contributed by atoms with Crippen LogP contribution in [0.5, 0.6) is 0 Å². The Morgan fingerprint density at radius 2 is 1.76 bits per heavy atom. The molecule has 2 aromatic rings. The summed E-state index contributed by atoms with van der Waals surface area (Å²) in [6.07, 6.45) is 0. The van der Waals surface area contributed by atoms with E-state index in [1.807, 2.05) is 62.4 Å². The average molecular weight is 340 g/mol. The summed E-state index contributed by atoms with van der Waals surface area (Å²) in [5.41, 5.74) is 9.11. The van der Waals surface area contributed by atoms with Crippen molar-refractivity contribution in [3.63, 3.8) is 0 Å². The summed E-state index contributed by atoms with van der Waals surface area (Å²) in [5.74, 6) is -0.319. The van der Waals surface area contributed by atoms with Crippen LogP contribution in [-0.2, 0) is 11.3 Å². The summed E-state index contributed by atoms with van der Waals surface area (Å²) in [4.78, 5) is 13.6. The number of hydrogen-bond acceptors (Lipinski definition) is 3. The topological polar surface area (TPSA) is 91.4 Å². The Hall–Kier alpha value is -2.86. The van der Waals surface area contributed by atoms with Gasteiger partial charge < -0.3 is 15.8 Å². The van der Waals surface area contributed by atoms with Gasteiger partial charge in [-0.1, -0.05) is 48.5 Å². The van der Waals surface area contributed by atoms with Crippen LogP contribution in [0.15, 0.2) is 48.5 Å². The molecule has 0 aliphatic carbocycles. The van der Waals surface area contributed by atoms with E-state index in [2.05, 4.69) is 5.32 Å². The number of nitrogens with one attached hydrogen (secondary N) is 2. The number of aryl methyl sites for hydroxylation is 2. The van der Waals surface area contributed by atoms with Gasteiger partial charge in [0.05, 0.1) is 18.9 Å². The highest BCUT2D eigenvalue weighted by Gasteiger charge is 2.21. The summed E-state index contributed by atoms with van der Waals surface area (Å²) in [5, 5.41) is 10.5. The number of ether oxygens (including phenoxy) is 1. The number of benzene rings is 2. The molecule has 0 saturated heterocycles. The number of nitrogens with two attached hydrogens (primary N) is 1. The Kier molecular flexibility index (Phi) is 6.54. The van der Waals surface area contributed by atoms with E-state index in [0.29, 0.717) is 25.4 Å². The van der Waals surface area contributed by atoms with Gasteiger partial charge in [0.15, 0.2) is 0 Å². The molecule has 132 valence electrons. The number of carbonyl (C=O) groups is 1. The van der Waals surface area contributed by atoms with Crippen LogP contribution >= 0.6 is 0 Å². The van der Waals surface area contributed by atoms with Gasteiger partial charge in [0, 0.05) is 6.54 Å². The minimum absolute atomic E-state index is 0.319. The first-order chi connectivity index (χ1) is 12.0. The third kappa shape index (κ3) is 5.06. The minimum Gasteiger partial charge on any atom is -0.375 e. The second-order valence-corrected chi connectivity index (χ2v) is 5.73. The van der Waals surface area contributed by atoms with Crippen molar-refractivity contribution >= 4 is 17.7 Å². The first-order valence-corrected chi connectivity index (χ1v) is 8.10. The van der Waals surface area contributed by atoms with Crippen molar-refractivity contribution in [2.24, 2.45) is 5.73 Å². The molecule has 2 rings (SSSR count). The van der Waals surface area contributed by atoms with E-state index in [1.54, 1.807) is 0 Å². The van der Waals surface area contributed by atoms with Crippen molar-refractivity contribution in [1.82, 2.24) is 5.32 Å². The van der Waals surface area contributed by atoms with E-state index in [9.17, 15) is 4.79 Å². The molecule has 0 unspecified atom stereocenters. The monoisotopic (exact) mass is 340 g/mol. The lowest BCUT2D eigenvalue weighted by molar-refractivity contribution is 0.124. The van der Waals surface area contributed by atoms with Crippen LogP contribution in [0.3, 0.4) is 0 Å². The van der Waals surface area contributed by atoms with Gasteiger partial charge >= 0.3 is 6.03 Å². The third-order valence-electron chi connectivity index (χ3n) is 3.74. The first-order valence-electron chi connectivity index (χ1n) is 8.10. The summed E-state index contributed by atoms with van der Waals surface area (Å²) in [6, 6.07) is 15.1. The highest BCUT2D eigenvalue weighted by molar-refractivity contribution is 6.14. The Morgan fingerprint density at radius 1 is 1.12 bits per heavy atom. The first kappa shape index (κ1) is 18.5. The lowest BCUT2D eigenvalue weighted by Gasteiger charge is -2.24. The predicted molar refractivity (Wildman–Crippen MR) is 99.8 cm³/mol. The fourth-order valence-electron chi connectivity index (χ4n) is 2.56. The molecule has 6 nitrogen and oxygen atoms in total. The molecule has 0 fully saturated rings. The highest BCUT2D eigenvalue weighted by Crippen LogP contribution is 2.24. The normalized spacial score (nSPS) is 10.3. The molecule has 0 saturated carbocycles. The fraction of sp³-hybridized carbons (Fsp3) is 0.263. The van der Waals surface area contributed by atoms with Crippen molar-refractivity contribution in [3.8, 4) is 0 Å². The van der Waals surface area contributed by atoms with Gasteiger partial charge in [-0.2, -0.15) is 0 Å². The van der Waals surface area contributed by atoms with Gasteiger partial charge in [0.2, 0.25) is 5.96 Å². The molecule has 0 spiro atoms. The predicted octanol–water partition coefficient (Wildman–Crippen LogP) is 2.93. The molecule has 0 radical (unpaired) electrons. The van der Waals surface area contributed by atoms with Crippen LogP contribution in [0, 0.1) is 19.3 Å². The SMILES string of the molecule is Cc1cccc(C)c1N(C(=N)N)C(=O)NCCOCc1ccccc1. The molecule has 0 bridgehead atoms. The van der Waals surface area contributed by atoms with Crippen molar-refractivity contribution in [3.05, 3.63) is 65.2 Å². The maximum absolute atomic E-state index is 12.5. The zero-order valence-electron chi connectivity index (χ0n) is 14.6. The van der Waals surface area contributed by atoms with Crippen molar-refractivity contribution in [1.29, 1.82) is 5.41 Å². The van der Waals surface area contributed by atoms with Crippen LogP contribution in [0.2, 0.25) is 0 Å². The number of guanidine groups is 1. The summed E-state index contributed by atoms with van der Waals surface area (Å²) < 4.78 is 5.55. The average Bonchev–Trinajstić information content (AvgIpc) is 2.58. The molecular formula is C19H24N4O2. The molecule has 6 heteroatoms. The van der Waals surface area contributed by atoms with Gasteiger partial charge in [-0.15, -0.1) is 0 Å². The molecule has 0 atom stereocenters. The van der Waals surface area contributed by atoms with Crippen LogP contribution in [0.1, 0.15) is 16.7 Å². The Bertz CT molecular complexity index is 711. The number of hydrogen-bond donors (Lipinski definition) is 3.